The third-order valence-corrected chi connectivity index (χ3v) is 6.76. The SMILES string of the molecule is CC(=O)Nc1ccc([As](=O)(O)OO)cc1.CC1(C)CCCC(C)(C)N1[O]. The first kappa shape index (κ1) is 22.9. The molecule has 1 aromatic carbocycles. The van der Waals surface area contributed by atoms with Crippen molar-refractivity contribution >= 4 is 30.1 Å². The molecule has 0 bridgehead atoms. The molecular formula is C17H28AsN2O6. The molecule has 2 rings (SSSR count). The molecule has 0 aliphatic carbocycles. The Bertz CT molecular complexity index is 644. The van der Waals surface area contributed by atoms with Gasteiger partial charge >= 0.3 is 88.4 Å². The van der Waals surface area contributed by atoms with Crippen LogP contribution in [0.25, 0.3) is 0 Å². The first-order valence-electron chi connectivity index (χ1n) is 8.33. The average molecular weight is 431 g/mol. The number of nitrogens with zero attached hydrogens (tertiary/aromatic N) is 1. The summed E-state index contributed by atoms with van der Waals surface area (Å²) in [6.07, 6.45) is 3.23. The molecule has 8 nitrogen and oxygen atoms in total. The molecule has 1 unspecified atom stereocenters. The maximum absolute atomic E-state index is 11.7. The van der Waals surface area contributed by atoms with E-state index in [4.69, 9.17) is 9.35 Å². The molecule has 1 aromatic rings. The van der Waals surface area contributed by atoms with Crippen molar-refractivity contribution in [2.45, 2.75) is 65.0 Å². The number of hydrogen-bond donors (Lipinski definition) is 3. The molecule has 0 spiro atoms. The van der Waals surface area contributed by atoms with Crippen LogP contribution < -0.4 is 9.67 Å². The van der Waals surface area contributed by atoms with Gasteiger partial charge in [-0.15, -0.1) is 10.3 Å². The molecule has 0 aromatic heterocycles. The van der Waals surface area contributed by atoms with Crippen molar-refractivity contribution in [3.05, 3.63) is 24.3 Å². The molecule has 1 aliphatic rings. The second kappa shape index (κ2) is 8.69. The standard InChI is InChI=1S/C9H18NO.C8H10AsNO5/c1-8(2)6-5-7-9(3,4)10(8)11;1-6(11)10-8-4-2-7(3-5-8)9(12,13)15-14/h5-7H2,1-4H3;2-5,14H,1H3,(H,10,11)(H,12,13). The molecule has 1 aliphatic heterocycles. The summed E-state index contributed by atoms with van der Waals surface area (Å²) in [4.78, 5) is 10.7. The Morgan fingerprint density at radius 3 is 1.96 bits per heavy atom. The monoisotopic (exact) mass is 431 g/mol. The van der Waals surface area contributed by atoms with Crippen molar-refractivity contribution in [3.63, 3.8) is 0 Å². The summed E-state index contributed by atoms with van der Waals surface area (Å²) in [7, 11) is 0. The van der Waals surface area contributed by atoms with Crippen LogP contribution in [0, 0.1) is 0 Å². The van der Waals surface area contributed by atoms with Gasteiger partial charge in [0.25, 0.3) is 0 Å². The molecular weight excluding hydrogens is 403 g/mol. The Morgan fingerprint density at radius 2 is 1.62 bits per heavy atom. The number of carbonyl (C=O) groups is 1. The van der Waals surface area contributed by atoms with E-state index >= 15 is 0 Å². The maximum atomic E-state index is 11.7. The largest absolute Gasteiger partial charge is 0.144 e. The zero-order valence-corrected chi connectivity index (χ0v) is 17.7. The quantitative estimate of drug-likeness (QED) is 0.383. The maximum Gasteiger partial charge on any atom is 0.0443 e. The molecule has 1 saturated heterocycles. The number of hydroxylamine groups is 2. The van der Waals surface area contributed by atoms with Crippen LogP contribution in [-0.4, -0.2) is 45.6 Å². The number of anilines is 1. The Balaban J connectivity index is 0.000000273. The molecule has 1 radical (unpaired) electrons. The summed E-state index contributed by atoms with van der Waals surface area (Å²) in [5.41, 5.74) is 0.198. The number of nitrogens with one attached hydrogen (secondary N) is 1. The van der Waals surface area contributed by atoms with Gasteiger partial charge in [-0.3, -0.25) is 0 Å². The van der Waals surface area contributed by atoms with E-state index in [1.54, 1.807) is 0 Å². The van der Waals surface area contributed by atoms with Crippen LogP contribution >= 0.6 is 0 Å². The molecule has 1 atom stereocenters. The summed E-state index contributed by atoms with van der Waals surface area (Å²) < 4.78 is 23.8. The number of amides is 1. The van der Waals surface area contributed by atoms with Crippen molar-refractivity contribution < 1.29 is 27.0 Å². The first-order valence-corrected chi connectivity index (χ1v) is 11.6. The minimum atomic E-state index is -4.76. The fraction of sp³-hybridized carbons (Fsp3) is 0.588. The molecule has 3 N–H and O–H groups in total. The summed E-state index contributed by atoms with van der Waals surface area (Å²) in [5.74, 6) is -0.237. The minimum Gasteiger partial charge on any atom is -0.144 e. The number of benzene rings is 1. The van der Waals surface area contributed by atoms with Gasteiger partial charge in [-0.1, -0.05) is 0 Å². The van der Waals surface area contributed by atoms with E-state index in [2.05, 4.69) is 9.19 Å². The van der Waals surface area contributed by atoms with Gasteiger partial charge in [-0.05, 0) is 47.0 Å². The average Bonchev–Trinajstić information content (AvgIpc) is 2.53. The van der Waals surface area contributed by atoms with Gasteiger partial charge in [0.1, 0.15) is 0 Å². The topological polar surface area (TPSA) is 119 Å². The summed E-state index contributed by atoms with van der Waals surface area (Å²) in [6.45, 7) is 9.47. The third kappa shape index (κ3) is 6.23. The predicted molar refractivity (Wildman–Crippen MR) is 97.3 cm³/mol. The van der Waals surface area contributed by atoms with Gasteiger partial charge in [0.05, 0.1) is 0 Å². The fourth-order valence-corrected chi connectivity index (χ4v) is 4.26. The van der Waals surface area contributed by atoms with Crippen LogP contribution in [0.15, 0.2) is 24.3 Å². The van der Waals surface area contributed by atoms with E-state index in [-0.39, 0.29) is 21.3 Å². The second-order valence-corrected chi connectivity index (χ2v) is 11.2. The molecule has 1 amide bonds. The number of rotatable bonds is 3. The van der Waals surface area contributed by atoms with Crippen molar-refractivity contribution in [1.82, 2.24) is 5.06 Å². The van der Waals surface area contributed by atoms with E-state index in [0.717, 1.165) is 12.8 Å². The predicted octanol–water partition coefficient (Wildman–Crippen LogP) is 2.08. The van der Waals surface area contributed by atoms with E-state index in [0.29, 0.717) is 5.69 Å². The Labute approximate surface area is 157 Å². The van der Waals surface area contributed by atoms with Crippen LogP contribution in [-0.2, 0) is 17.6 Å². The van der Waals surface area contributed by atoms with E-state index in [9.17, 15) is 13.7 Å². The van der Waals surface area contributed by atoms with E-state index < -0.39 is 14.2 Å². The van der Waals surface area contributed by atoms with Crippen molar-refractivity contribution in [1.29, 1.82) is 0 Å². The van der Waals surface area contributed by atoms with Crippen molar-refractivity contribution in [2.24, 2.45) is 0 Å². The number of carbonyl (C=O) groups excluding carboxylic acids is 1. The van der Waals surface area contributed by atoms with Crippen LogP contribution in [0.4, 0.5) is 5.69 Å². The van der Waals surface area contributed by atoms with Crippen molar-refractivity contribution in [3.8, 4) is 0 Å². The first-order chi connectivity index (χ1) is 11.8. The van der Waals surface area contributed by atoms with Gasteiger partial charge in [-0.25, -0.2) is 0 Å². The molecule has 1 fully saturated rings. The normalized spacial score (nSPS) is 21.1. The van der Waals surface area contributed by atoms with E-state index in [1.807, 2.05) is 27.7 Å². The van der Waals surface area contributed by atoms with Crippen LogP contribution in [0.2, 0.25) is 0 Å². The summed E-state index contributed by atoms with van der Waals surface area (Å²) in [5, 5.41) is 23.7. The zero-order valence-electron chi connectivity index (χ0n) is 15.9. The smallest absolute Gasteiger partial charge is 0.0443 e. The summed E-state index contributed by atoms with van der Waals surface area (Å²) in [6, 6.07) is 5.50. The second-order valence-electron chi connectivity index (χ2n) is 7.60. The van der Waals surface area contributed by atoms with E-state index in [1.165, 1.54) is 42.7 Å². The third-order valence-electron chi connectivity index (χ3n) is 4.30. The number of hydrogen-bond acceptors (Lipinski definition) is 5. The van der Waals surface area contributed by atoms with Crippen LogP contribution in [0.3, 0.4) is 0 Å². The van der Waals surface area contributed by atoms with Crippen LogP contribution in [0.1, 0.15) is 53.9 Å². The Hall–Kier alpha value is -1.15. The van der Waals surface area contributed by atoms with Crippen molar-refractivity contribution in [2.75, 3.05) is 5.32 Å². The van der Waals surface area contributed by atoms with Gasteiger partial charge in [0.2, 0.25) is 0 Å². The van der Waals surface area contributed by atoms with Crippen LogP contribution in [0.5, 0.6) is 0 Å². The van der Waals surface area contributed by atoms with Gasteiger partial charge in [0.15, 0.2) is 0 Å². The minimum absolute atomic E-state index is 0.00438. The van der Waals surface area contributed by atoms with Gasteiger partial charge in [-0.2, -0.15) is 0 Å². The molecule has 9 heteroatoms. The molecule has 0 saturated carbocycles. The Kier molecular flexibility index (Phi) is 7.65. The zero-order chi connectivity index (χ0) is 20.2. The fourth-order valence-electron chi connectivity index (χ4n) is 2.96. The Morgan fingerprint density at radius 1 is 1.15 bits per heavy atom. The molecule has 147 valence electrons. The number of piperidine rings is 1. The van der Waals surface area contributed by atoms with Gasteiger partial charge in [0, 0.05) is 11.1 Å². The van der Waals surface area contributed by atoms with Gasteiger partial charge < -0.3 is 0 Å². The molecule has 1 heterocycles. The molecule has 26 heavy (non-hydrogen) atoms. The summed E-state index contributed by atoms with van der Waals surface area (Å²) >= 11 is -4.76.